The molecule has 0 saturated heterocycles. The van der Waals surface area contributed by atoms with Crippen molar-refractivity contribution < 1.29 is 33.9 Å². The summed E-state index contributed by atoms with van der Waals surface area (Å²) in [5, 5.41) is 18.2. The molecule has 0 fully saturated rings. The Morgan fingerprint density at radius 3 is 2.42 bits per heavy atom. The van der Waals surface area contributed by atoms with E-state index in [1.165, 1.54) is 18.2 Å². The van der Waals surface area contributed by atoms with Crippen molar-refractivity contribution in [2.75, 3.05) is 12.3 Å². The Morgan fingerprint density at radius 2 is 1.95 bits per heavy atom. The maximum atomic E-state index is 12.0. The second-order valence-electron chi connectivity index (χ2n) is 3.72. The monoisotopic (exact) mass is 291 g/mol. The van der Waals surface area contributed by atoms with Gasteiger partial charge in [0.25, 0.3) is 0 Å². The van der Waals surface area contributed by atoms with Crippen LogP contribution in [0.1, 0.15) is 10.4 Å². The minimum Gasteiger partial charge on any atom is -0.398 e. The Hall–Kier alpha value is -1.28. The maximum absolute atomic E-state index is 12.0. The molecule has 0 radical (unpaired) electrons. The summed E-state index contributed by atoms with van der Waals surface area (Å²) in [4.78, 5) is 29.4. The van der Waals surface area contributed by atoms with Crippen molar-refractivity contribution in [2.24, 2.45) is 0 Å². The number of carbonyl (C=O) groups is 1. The van der Waals surface area contributed by atoms with Gasteiger partial charge in [-0.3, -0.25) is 9.32 Å². The smallest absolute Gasteiger partial charge is 0.398 e. The van der Waals surface area contributed by atoms with Crippen LogP contribution in [0.5, 0.6) is 0 Å². The van der Waals surface area contributed by atoms with Crippen LogP contribution in [0, 0.1) is 0 Å². The fraction of sp³-hybridized carbons (Fsp3) is 0.300. The van der Waals surface area contributed by atoms with Crippen molar-refractivity contribution in [2.45, 2.75) is 12.2 Å². The average molecular weight is 291 g/mol. The fourth-order valence-electron chi connectivity index (χ4n) is 1.41. The summed E-state index contributed by atoms with van der Waals surface area (Å²) in [6.07, 6.45) is -3.68. The second-order valence-corrected chi connectivity index (χ2v) is 4.91. The zero-order valence-electron chi connectivity index (χ0n) is 9.71. The van der Waals surface area contributed by atoms with Gasteiger partial charge in [-0.2, -0.15) is 0 Å². The largest absolute Gasteiger partial charge is 0.470 e. The van der Waals surface area contributed by atoms with Crippen LogP contribution in [-0.4, -0.2) is 44.6 Å². The topological polar surface area (TPSA) is 150 Å². The summed E-state index contributed by atoms with van der Waals surface area (Å²) >= 11 is 0. The van der Waals surface area contributed by atoms with E-state index >= 15 is 0 Å². The number of para-hydroxylation sites is 1. The van der Waals surface area contributed by atoms with E-state index in [4.69, 9.17) is 20.6 Å². The van der Waals surface area contributed by atoms with Gasteiger partial charge in [0.15, 0.2) is 11.9 Å². The quantitative estimate of drug-likeness (QED) is 0.262. The minimum absolute atomic E-state index is 0.0616. The summed E-state index contributed by atoms with van der Waals surface area (Å²) in [5.74, 6) is -0.928. The molecular formula is C10H14NO7P. The number of benzene rings is 1. The highest BCUT2D eigenvalue weighted by Crippen LogP contribution is 2.39. The number of nitrogen functional groups attached to an aromatic ring is 1. The van der Waals surface area contributed by atoms with E-state index in [0.29, 0.717) is 0 Å². The van der Waals surface area contributed by atoms with E-state index in [1.807, 2.05) is 0 Å². The van der Waals surface area contributed by atoms with Gasteiger partial charge in [0, 0.05) is 11.3 Å². The lowest BCUT2D eigenvalue weighted by molar-refractivity contribution is -0.00527. The zero-order chi connectivity index (χ0) is 14.6. The van der Waals surface area contributed by atoms with E-state index in [0.717, 1.165) is 0 Å². The number of aliphatic hydroxyl groups is 2. The van der Waals surface area contributed by atoms with E-state index in [1.54, 1.807) is 6.07 Å². The van der Waals surface area contributed by atoms with E-state index in [9.17, 15) is 14.5 Å². The van der Waals surface area contributed by atoms with Crippen LogP contribution in [0.4, 0.5) is 5.69 Å². The third kappa shape index (κ3) is 4.39. The van der Waals surface area contributed by atoms with E-state index in [2.05, 4.69) is 4.52 Å². The number of ketones is 1. The number of phosphoric acid groups is 1. The van der Waals surface area contributed by atoms with Gasteiger partial charge < -0.3 is 25.7 Å². The number of Topliss-reactive ketones (excluding diaryl/α,β-unsaturated/α-hetero) is 1. The van der Waals surface area contributed by atoms with Crippen molar-refractivity contribution in [3.8, 4) is 0 Å². The maximum Gasteiger partial charge on any atom is 0.470 e. The number of nitrogens with two attached hydrogens (primary N) is 1. The first-order chi connectivity index (χ1) is 8.76. The van der Waals surface area contributed by atoms with Gasteiger partial charge in [0.2, 0.25) is 0 Å². The number of aliphatic hydroxyl groups excluding tert-OH is 2. The Balaban J connectivity index is 3.08. The number of rotatable bonds is 6. The van der Waals surface area contributed by atoms with Gasteiger partial charge in [0.05, 0.1) is 6.61 Å². The van der Waals surface area contributed by atoms with E-state index < -0.39 is 32.4 Å². The SMILES string of the molecule is Nc1ccccc1C(=O)C(OP(=O)(O)O)C(O)CO. The number of hydrogen-bond donors (Lipinski definition) is 5. The minimum atomic E-state index is -5.01. The first-order valence-electron chi connectivity index (χ1n) is 5.18. The standard InChI is InChI=1S/C10H14NO7P/c11-7-4-2-1-3-6(7)9(14)10(8(13)5-12)18-19(15,16)17/h1-4,8,10,12-13H,5,11H2,(H2,15,16,17). The average Bonchev–Trinajstić information content (AvgIpc) is 2.34. The molecule has 9 heteroatoms. The Labute approximate surface area is 108 Å². The lowest BCUT2D eigenvalue weighted by Gasteiger charge is -2.21. The van der Waals surface area contributed by atoms with Crippen LogP contribution < -0.4 is 5.73 Å². The van der Waals surface area contributed by atoms with Gasteiger partial charge in [-0.05, 0) is 12.1 Å². The van der Waals surface area contributed by atoms with Crippen molar-refractivity contribution in [1.82, 2.24) is 0 Å². The molecule has 1 aromatic rings. The molecule has 6 N–H and O–H groups in total. The summed E-state index contributed by atoms with van der Waals surface area (Å²) in [6.45, 7) is -0.900. The van der Waals surface area contributed by atoms with Crippen LogP contribution >= 0.6 is 7.82 Å². The highest BCUT2D eigenvalue weighted by atomic mass is 31.2. The van der Waals surface area contributed by atoms with Crippen molar-refractivity contribution in [3.63, 3.8) is 0 Å². The molecule has 19 heavy (non-hydrogen) atoms. The molecule has 0 spiro atoms. The number of hydrogen-bond acceptors (Lipinski definition) is 6. The molecule has 8 nitrogen and oxygen atoms in total. The van der Waals surface area contributed by atoms with Crippen LogP contribution in [0.2, 0.25) is 0 Å². The molecule has 0 aliphatic carbocycles. The van der Waals surface area contributed by atoms with Crippen LogP contribution in [0.25, 0.3) is 0 Å². The first kappa shape index (κ1) is 15.8. The number of carbonyl (C=O) groups excluding carboxylic acids is 1. The third-order valence-corrected chi connectivity index (χ3v) is 2.77. The molecular weight excluding hydrogens is 277 g/mol. The lowest BCUT2D eigenvalue weighted by Crippen LogP contribution is -2.38. The molecule has 0 aliphatic heterocycles. The summed E-state index contributed by atoms with van der Waals surface area (Å²) in [6, 6.07) is 5.78. The summed E-state index contributed by atoms with van der Waals surface area (Å²) in [7, 11) is -5.01. The Morgan fingerprint density at radius 1 is 1.37 bits per heavy atom. The molecule has 0 bridgehead atoms. The Kier molecular flexibility index (Phi) is 5.19. The van der Waals surface area contributed by atoms with Crippen LogP contribution in [0.3, 0.4) is 0 Å². The molecule has 2 atom stereocenters. The third-order valence-electron chi connectivity index (χ3n) is 2.27. The number of anilines is 1. The molecule has 0 aromatic heterocycles. The fourth-order valence-corrected chi connectivity index (χ4v) is 1.94. The van der Waals surface area contributed by atoms with Gasteiger partial charge in [-0.15, -0.1) is 0 Å². The normalized spacial score (nSPS) is 14.9. The van der Waals surface area contributed by atoms with Gasteiger partial charge >= 0.3 is 7.82 Å². The Bertz CT molecular complexity index is 500. The second kappa shape index (κ2) is 6.25. The molecule has 2 unspecified atom stereocenters. The lowest BCUT2D eigenvalue weighted by atomic mass is 10.0. The van der Waals surface area contributed by atoms with E-state index in [-0.39, 0.29) is 11.3 Å². The van der Waals surface area contributed by atoms with Crippen molar-refractivity contribution >= 4 is 19.3 Å². The predicted molar refractivity (Wildman–Crippen MR) is 65.2 cm³/mol. The van der Waals surface area contributed by atoms with Crippen LogP contribution in [0.15, 0.2) is 24.3 Å². The molecule has 1 aromatic carbocycles. The first-order valence-corrected chi connectivity index (χ1v) is 6.71. The van der Waals surface area contributed by atoms with Crippen molar-refractivity contribution in [1.29, 1.82) is 0 Å². The van der Waals surface area contributed by atoms with Gasteiger partial charge in [0.1, 0.15) is 6.10 Å². The molecule has 1 rings (SSSR count). The molecule has 106 valence electrons. The zero-order valence-corrected chi connectivity index (χ0v) is 10.6. The molecule has 0 amide bonds. The summed E-state index contributed by atoms with van der Waals surface area (Å²) < 4.78 is 15.0. The molecule has 0 aliphatic rings. The van der Waals surface area contributed by atoms with Crippen molar-refractivity contribution in [3.05, 3.63) is 29.8 Å². The molecule has 0 saturated carbocycles. The summed E-state index contributed by atoms with van der Waals surface area (Å²) in [5.41, 5.74) is 5.56. The van der Waals surface area contributed by atoms with Gasteiger partial charge in [-0.25, -0.2) is 4.57 Å². The highest BCUT2D eigenvalue weighted by Gasteiger charge is 2.35. The van der Waals surface area contributed by atoms with Crippen LogP contribution in [-0.2, 0) is 9.09 Å². The van der Waals surface area contributed by atoms with Gasteiger partial charge in [-0.1, -0.05) is 12.1 Å². The predicted octanol–water partition coefficient (Wildman–Crippen LogP) is -0.717. The molecule has 0 heterocycles. The number of phosphoric ester groups is 1. The highest BCUT2D eigenvalue weighted by molar-refractivity contribution is 7.46.